The molecule has 6 heteroatoms. The Morgan fingerprint density at radius 3 is 1.75 bits per heavy atom. The second-order valence-corrected chi connectivity index (χ2v) is 4.44. The van der Waals surface area contributed by atoms with Gasteiger partial charge in [-0.05, 0) is 0 Å². The van der Waals surface area contributed by atoms with Crippen molar-refractivity contribution >= 4 is 7.60 Å². The van der Waals surface area contributed by atoms with Crippen molar-refractivity contribution in [2.24, 2.45) is 0 Å². The van der Waals surface area contributed by atoms with Crippen LogP contribution < -0.4 is 0 Å². The molecule has 72 valence electrons. The zero-order valence-corrected chi connectivity index (χ0v) is 8.62. The van der Waals surface area contributed by atoms with Crippen molar-refractivity contribution in [2.75, 3.05) is 28.2 Å². The minimum Gasteiger partial charge on any atom is -0.382 e. The molecule has 0 rings (SSSR count). The van der Waals surface area contributed by atoms with Crippen LogP contribution in [0.15, 0.2) is 11.6 Å². The van der Waals surface area contributed by atoms with E-state index in [2.05, 4.69) is 0 Å². The average molecular weight is 194 g/mol. The molecular formula is C6H15N2O3P. The van der Waals surface area contributed by atoms with Gasteiger partial charge >= 0.3 is 7.60 Å². The molecule has 0 spiro atoms. The van der Waals surface area contributed by atoms with Crippen LogP contribution in [0.1, 0.15) is 0 Å². The molecule has 5 nitrogen and oxygen atoms in total. The lowest BCUT2D eigenvalue weighted by Gasteiger charge is -2.19. The van der Waals surface area contributed by atoms with Gasteiger partial charge in [0.1, 0.15) is 5.44 Å². The lowest BCUT2D eigenvalue weighted by molar-refractivity contribution is 0.359. The Morgan fingerprint density at radius 2 is 1.67 bits per heavy atom. The van der Waals surface area contributed by atoms with Gasteiger partial charge in [-0.2, -0.15) is 0 Å². The maximum Gasteiger partial charge on any atom is 0.373 e. The van der Waals surface area contributed by atoms with Crippen LogP contribution in [0.2, 0.25) is 0 Å². The Hall–Kier alpha value is -0.510. The highest BCUT2D eigenvalue weighted by atomic mass is 31.2. The minimum atomic E-state index is -4.14. The van der Waals surface area contributed by atoms with Gasteiger partial charge in [-0.1, -0.05) is 0 Å². The number of hydrogen-bond donors (Lipinski definition) is 2. The Morgan fingerprint density at radius 1 is 1.25 bits per heavy atom. The van der Waals surface area contributed by atoms with Crippen LogP contribution in [0, 0.1) is 0 Å². The molecule has 0 aromatic heterocycles. The molecule has 0 aliphatic carbocycles. The average Bonchev–Trinajstić information content (AvgIpc) is 1.79. The summed E-state index contributed by atoms with van der Waals surface area (Å²) in [5.74, 6) is 0. The van der Waals surface area contributed by atoms with Gasteiger partial charge in [0, 0.05) is 34.4 Å². The van der Waals surface area contributed by atoms with E-state index in [4.69, 9.17) is 9.79 Å². The van der Waals surface area contributed by atoms with Crippen LogP contribution in [0.25, 0.3) is 0 Å². The van der Waals surface area contributed by atoms with Crippen molar-refractivity contribution in [2.45, 2.75) is 0 Å². The summed E-state index contributed by atoms with van der Waals surface area (Å²) in [5.41, 5.74) is 0.00694. The van der Waals surface area contributed by atoms with E-state index < -0.39 is 7.60 Å². The molecule has 0 heterocycles. The molecule has 0 unspecified atom stereocenters. The Labute approximate surface area is 72.4 Å². The highest BCUT2D eigenvalue weighted by molar-refractivity contribution is 7.56. The summed E-state index contributed by atoms with van der Waals surface area (Å²) in [7, 11) is 2.46. The third kappa shape index (κ3) is 3.76. The van der Waals surface area contributed by atoms with Crippen molar-refractivity contribution in [1.29, 1.82) is 0 Å². The summed E-state index contributed by atoms with van der Waals surface area (Å²) in [5, 5.41) is 0. The molecule has 0 saturated heterocycles. The Kier molecular flexibility index (Phi) is 3.77. The van der Waals surface area contributed by atoms with Crippen LogP contribution >= 0.6 is 7.60 Å². The van der Waals surface area contributed by atoms with Crippen LogP contribution in [0.5, 0.6) is 0 Å². The van der Waals surface area contributed by atoms with Crippen LogP contribution in [0.3, 0.4) is 0 Å². The monoisotopic (exact) mass is 194 g/mol. The van der Waals surface area contributed by atoms with Crippen molar-refractivity contribution in [3.05, 3.63) is 11.6 Å². The van der Waals surface area contributed by atoms with Crippen molar-refractivity contribution in [3.8, 4) is 0 Å². The zero-order valence-electron chi connectivity index (χ0n) is 7.72. The number of nitrogens with zero attached hydrogens (tertiary/aromatic N) is 2. The van der Waals surface area contributed by atoms with Gasteiger partial charge in [0.05, 0.1) is 0 Å². The van der Waals surface area contributed by atoms with E-state index in [-0.39, 0.29) is 5.44 Å². The molecule has 0 aromatic rings. The SMILES string of the molecule is CN(C)C=C(N(C)C)P(=O)(O)O. The predicted molar refractivity (Wildman–Crippen MR) is 47.5 cm³/mol. The van der Waals surface area contributed by atoms with E-state index in [1.807, 2.05) is 0 Å². The van der Waals surface area contributed by atoms with E-state index in [0.29, 0.717) is 0 Å². The van der Waals surface area contributed by atoms with E-state index in [0.717, 1.165) is 0 Å². The van der Waals surface area contributed by atoms with E-state index >= 15 is 0 Å². The maximum absolute atomic E-state index is 10.9. The molecule has 0 bridgehead atoms. The fraction of sp³-hybridized carbons (Fsp3) is 0.667. The molecule has 0 aromatic carbocycles. The van der Waals surface area contributed by atoms with E-state index in [1.165, 1.54) is 11.1 Å². The Balaban J connectivity index is 4.81. The second-order valence-electron chi connectivity index (χ2n) is 2.89. The van der Waals surface area contributed by atoms with Gasteiger partial charge in [0.15, 0.2) is 0 Å². The molecule has 2 N–H and O–H groups in total. The van der Waals surface area contributed by atoms with Crippen molar-refractivity contribution in [1.82, 2.24) is 9.80 Å². The fourth-order valence-corrected chi connectivity index (χ4v) is 1.58. The van der Waals surface area contributed by atoms with Crippen LogP contribution in [0.4, 0.5) is 0 Å². The summed E-state index contributed by atoms with van der Waals surface area (Å²) in [6, 6.07) is 0. The molecular weight excluding hydrogens is 179 g/mol. The highest BCUT2D eigenvalue weighted by Crippen LogP contribution is 2.45. The predicted octanol–water partition coefficient (Wildman–Crippen LogP) is 0.0862. The van der Waals surface area contributed by atoms with Gasteiger partial charge in [0.25, 0.3) is 0 Å². The van der Waals surface area contributed by atoms with Gasteiger partial charge in [-0.15, -0.1) is 0 Å². The molecule has 12 heavy (non-hydrogen) atoms. The summed E-state index contributed by atoms with van der Waals surface area (Å²) in [4.78, 5) is 20.7. The summed E-state index contributed by atoms with van der Waals surface area (Å²) >= 11 is 0. The number of rotatable bonds is 3. The van der Waals surface area contributed by atoms with E-state index in [1.54, 1.807) is 33.1 Å². The fourth-order valence-electron chi connectivity index (χ4n) is 0.682. The molecule has 0 radical (unpaired) electrons. The van der Waals surface area contributed by atoms with Gasteiger partial charge in [-0.3, -0.25) is 4.57 Å². The van der Waals surface area contributed by atoms with Crippen LogP contribution in [-0.2, 0) is 4.57 Å². The Bertz CT molecular complexity index is 219. The topological polar surface area (TPSA) is 64.0 Å². The van der Waals surface area contributed by atoms with Gasteiger partial charge in [0.2, 0.25) is 0 Å². The number of hydrogen-bond acceptors (Lipinski definition) is 3. The van der Waals surface area contributed by atoms with Crippen molar-refractivity contribution in [3.63, 3.8) is 0 Å². The summed E-state index contributed by atoms with van der Waals surface area (Å²) < 4.78 is 10.9. The quantitative estimate of drug-likeness (QED) is 0.623. The largest absolute Gasteiger partial charge is 0.382 e. The molecule has 0 atom stereocenters. The second kappa shape index (κ2) is 3.94. The standard InChI is InChI=1S/C6H15N2O3P/c1-7(2)5-6(8(3)4)12(9,10)11/h5H,1-4H3,(H2,9,10,11). The molecule has 0 amide bonds. The molecule has 0 saturated carbocycles. The molecule has 0 aliphatic heterocycles. The molecule has 0 fully saturated rings. The molecule has 0 aliphatic rings. The normalized spacial score (nSPS) is 13.0. The highest BCUT2D eigenvalue weighted by Gasteiger charge is 2.22. The first-order valence-electron chi connectivity index (χ1n) is 3.37. The lowest BCUT2D eigenvalue weighted by Crippen LogP contribution is -2.15. The maximum atomic E-state index is 10.9. The van der Waals surface area contributed by atoms with Crippen LogP contribution in [-0.4, -0.2) is 47.8 Å². The minimum absolute atomic E-state index is 0.00694. The van der Waals surface area contributed by atoms with Gasteiger partial charge in [-0.25, -0.2) is 0 Å². The summed E-state index contributed by atoms with van der Waals surface area (Å²) in [6.45, 7) is 0. The van der Waals surface area contributed by atoms with E-state index in [9.17, 15) is 4.57 Å². The van der Waals surface area contributed by atoms with Crippen molar-refractivity contribution < 1.29 is 14.4 Å². The zero-order chi connectivity index (χ0) is 9.94. The first-order chi connectivity index (χ1) is 5.25. The summed E-state index contributed by atoms with van der Waals surface area (Å²) in [6.07, 6.45) is 1.40. The third-order valence-electron chi connectivity index (χ3n) is 1.13. The first-order valence-corrected chi connectivity index (χ1v) is 4.98. The lowest BCUT2D eigenvalue weighted by atomic mass is 10.7. The smallest absolute Gasteiger partial charge is 0.373 e. The third-order valence-corrected chi connectivity index (χ3v) is 2.24. The van der Waals surface area contributed by atoms with Gasteiger partial charge < -0.3 is 19.6 Å². The first kappa shape index (κ1) is 11.5.